The normalized spacial score (nSPS) is 19.2. The van der Waals surface area contributed by atoms with Crippen LogP contribution in [0, 0.1) is 18.6 Å². The summed E-state index contributed by atoms with van der Waals surface area (Å²) in [6.45, 7) is 1.91. The molecule has 2 heterocycles. The first-order valence-corrected chi connectivity index (χ1v) is 8.65. The molecule has 6 nitrogen and oxygen atoms in total. The van der Waals surface area contributed by atoms with Gasteiger partial charge in [0.15, 0.2) is 0 Å². The van der Waals surface area contributed by atoms with E-state index < -0.39 is 35.5 Å². The average molecular weight is 381 g/mol. The van der Waals surface area contributed by atoms with Crippen LogP contribution < -0.4 is 20.7 Å². The highest BCUT2D eigenvalue weighted by molar-refractivity contribution is 7.16. The largest absolute Gasteiger partial charge is 0.497 e. The van der Waals surface area contributed by atoms with Gasteiger partial charge in [0.1, 0.15) is 23.4 Å². The molecule has 0 saturated carbocycles. The van der Waals surface area contributed by atoms with Crippen molar-refractivity contribution in [3.63, 3.8) is 0 Å². The van der Waals surface area contributed by atoms with Crippen LogP contribution in [0.15, 0.2) is 24.3 Å². The number of benzene rings is 1. The summed E-state index contributed by atoms with van der Waals surface area (Å²) in [4.78, 5) is 25.3. The fourth-order valence-electron chi connectivity index (χ4n) is 2.88. The van der Waals surface area contributed by atoms with Crippen LogP contribution in [-0.2, 0) is 4.79 Å². The Bertz CT molecular complexity index is 833. The zero-order valence-electron chi connectivity index (χ0n) is 14.1. The number of nitrogens with one attached hydrogen (secondary N) is 3. The lowest BCUT2D eigenvalue weighted by molar-refractivity contribution is -0.120. The summed E-state index contributed by atoms with van der Waals surface area (Å²) in [5, 5.41) is 8.25. The number of hydrogen-bond acceptors (Lipinski definition) is 4. The van der Waals surface area contributed by atoms with Crippen LogP contribution in [-0.4, -0.2) is 31.6 Å². The van der Waals surface area contributed by atoms with Gasteiger partial charge in [0.05, 0.1) is 12.1 Å². The molecule has 2 atom stereocenters. The van der Waals surface area contributed by atoms with Crippen LogP contribution in [0.2, 0.25) is 0 Å². The Hall–Kier alpha value is -2.68. The second-order valence-electron chi connectivity index (χ2n) is 5.84. The summed E-state index contributed by atoms with van der Waals surface area (Å²) in [7, 11) is 1.30. The van der Waals surface area contributed by atoms with Crippen LogP contribution in [0.4, 0.5) is 18.6 Å². The molecule has 26 heavy (non-hydrogen) atoms. The number of halogens is 2. The Morgan fingerprint density at radius 3 is 2.58 bits per heavy atom. The Balaban J connectivity index is 1.80. The molecule has 1 aromatic carbocycles. The highest BCUT2D eigenvalue weighted by atomic mass is 32.1. The molecule has 1 saturated heterocycles. The summed E-state index contributed by atoms with van der Waals surface area (Å²) in [5.74, 6) is -2.99. The predicted molar refractivity (Wildman–Crippen MR) is 93.7 cm³/mol. The van der Waals surface area contributed by atoms with E-state index in [1.807, 2.05) is 13.0 Å². The second-order valence-corrected chi connectivity index (χ2v) is 7.13. The first kappa shape index (κ1) is 18.1. The molecule has 1 aromatic heterocycles. The average Bonchev–Trinajstić information content (AvgIpc) is 3.14. The van der Waals surface area contributed by atoms with Gasteiger partial charge in [-0.2, -0.15) is 0 Å². The lowest BCUT2D eigenvalue weighted by Gasteiger charge is -2.20. The maximum atomic E-state index is 14.4. The molecule has 3 N–H and O–H groups in total. The van der Waals surface area contributed by atoms with E-state index in [1.54, 1.807) is 6.07 Å². The second kappa shape index (κ2) is 7.28. The summed E-state index contributed by atoms with van der Waals surface area (Å²) in [6, 6.07) is 3.96. The highest BCUT2D eigenvalue weighted by Gasteiger charge is 2.40. The maximum Gasteiger partial charge on any atom is 0.320 e. The number of urea groups is 1. The molecule has 0 unspecified atom stereocenters. The van der Waals surface area contributed by atoms with Crippen LogP contribution in [0.5, 0.6) is 5.75 Å². The minimum Gasteiger partial charge on any atom is -0.497 e. The molecule has 3 rings (SSSR count). The number of rotatable bonds is 4. The predicted octanol–water partition coefficient (Wildman–Crippen LogP) is 2.75. The van der Waals surface area contributed by atoms with E-state index in [0.717, 1.165) is 17.0 Å². The summed E-state index contributed by atoms with van der Waals surface area (Å²) in [6.07, 6.45) is 0. The molecule has 1 aliphatic rings. The van der Waals surface area contributed by atoms with Gasteiger partial charge >= 0.3 is 6.03 Å². The number of hydrogen-bond donors (Lipinski definition) is 3. The third-order valence-corrected chi connectivity index (χ3v) is 5.02. The first-order valence-electron chi connectivity index (χ1n) is 7.83. The standard InChI is InChI=1S/C17H17F2N3O3S/c1-8-3-4-13(26-8)21-17(24)22-15-10(7-20-16(15)23)14-11(18)5-9(25-2)6-12(14)19/h3-6,10,15H,7H2,1-2H3,(H,20,23)(H2,21,22,24)/t10-,15-/m0/s1. The third-order valence-electron chi connectivity index (χ3n) is 4.10. The molecule has 0 spiro atoms. The Morgan fingerprint density at radius 2 is 2.00 bits per heavy atom. The summed E-state index contributed by atoms with van der Waals surface area (Å²) in [5.41, 5.74) is -0.263. The van der Waals surface area contributed by atoms with Crippen molar-refractivity contribution in [2.24, 2.45) is 0 Å². The fraction of sp³-hybridized carbons (Fsp3) is 0.294. The van der Waals surface area contributed by atoms with Gasteiger partial charge in [-0.15, -0.1) is 11.3 Å². The molecule has 138 valence electrons. The third kappa shape index (κ3) is 3.62. The number of carbonyl (C=O) groups excluding carboxylic acids is 2. The monoisotopic (exact) mass is 381 g/mol. The van der Waals surface area contributed by atoms with E-state index in [9.17, 15) is 18.4 Å². The summed E-state index contributed by atoms with van der Waals surface area (Å²) >= 11 is 1.37. The lowest BCUT2D eigenvalue weighted by Crippen LogP contribution is -2.45. The van der Waals surface area contributed by atoms with Crippen LogP contribution in [0.1, 0.15) is 16.4 Å². The molecule has 1 fully saturated rings. The van der Waals surface area contributed by atoms with Crippen molar-refractivity contribution >= 4 is 28.3 Å². The van der Waals surface area contributed by atoms with Gasteiger partial charge < -0.3 is 15.4 Å². The van der Waals surface area contributed by atoms with Crippen LogP contribution >= 0.6 is 11.3 Å². The van der Waals surface area contributed by atoms with Crippen LogP contribution in [0.25, 0.3) is 0 Å². The first-order chi connectivity index (χ1) is 12.4. The van der Waals surface area contributed by atoms with E-state index in [-0.39, 0.29) is 17.9 Å². The Kier molecular flexibility index (Phi) is 5.08. The Morgan fingerprint density at radius 1 is 1.31 bits per heavy atom. The van der Waals surface area contributed by atoms with E-state index in [1.165, 1.54) is 18.4 Å². The van der Waals surface area contributed by atoms with Gasteiger partial charge in [0.2, 0.25) is 5.91 Å². The molecule has 0 radical (unpaired) electrons. The molecule has 3 amide bonds. The number of thiophene rings is 1. The van der Waals surface area contributed by atoms with Crippen molar-refractivity contribution in [1.82, 2.24) is 10.6 Å². The minimum atomic E-state index is -1.09. The van der Waals surface area contributed by atoms with E-state index in [0.29, 0.717) is 5.00 Å². The van der Waals surface area contributed by atoms with Gasteiger partial charge in [0, 0.05) is 35.0 Å². The smallest absolute Gasteiger partial charge is 0.320 e. The van der Waals surface area contributed by atoms with Gasteiger partial charge in [-0.1, -0.05) is 0 Å². The SMILES string of the molecule is COc1cc(F)c([C@@H]2CNC(=O)[C@H]2NC(=O)Nc2ccc(C)s2)c(F)c1. The molecular weight excluding hydrogens is 364 g/mol. The molecular formula is C17H17F2N3O3S. The van der Waals surface area contributed by atoms with E-state index >= 15 is 0 Å². The topological polar surface area (TPSA) is 79.5 Å². The molecule has 9 heteroatoms. The maximum absolute atomic E-state index is 14.4. The highest BCUT2D eigenvalue weighted by Crippen LogP contribution is 2.31. The molecule has 2 aromatic rings. The number of carbonyl (C=O) groups is 2. The zero-order valence-corrected chi connectivity index (χ0v) is 14.9. The Labute approximate surface area is 152 Å². The van der Waals surface area contributed by atoms with Crippen molar-refractivity contribution in [2.45, 2.75) is 18.9 Å². The van der Waals surface area contributed by atoms with Crippen molar-refractivity contribution < 1.29 is 23.1 Å². The van der Waals surface area contributed by atoms with E-state index in [2.05, 4.69) is 16.0 Å². The number of ether oxygens (including phenoxy) is 1. The van der Waals surface area contributed by atoms with Gasteiger partial charge in [0.25, 0.3) is 0 Å². The number of aryl methyl sites for hydroxylation is 1. The summed E-state index contributed by atoms with van der Waals surface area (Å²) < 4.78 is 33.5. The minimum absolute atomic E-state index is 0.0159. The number of anilines is 1. The van der Waals surface area contributed by atoms with Gasteiger partial charge in [-0.3, -0.25) is 10.1 Å². The van der Waals surface area contributed by atoms with Crippen LogP contribution in [0.3, 0.4) is 0 Å². The number of amides is 3. The zero-order chi connectivity index (χ0) is 18.8. The molecule has 1 aliphatic heterocycles. The van der Waals surface area contributed by atoms with Gasteiger partial charge in [-0.05, 0) is 19.1 Å². The van der Waals surface area contributed by atoms with Crippen molar-refractivity contribution in [3.8, 4) is 5.75 Å². The number of methoxy groups -OCH3 is 1. The molecule has 0 bridgehead atoms. The quantitative estimate of drug-likeness (QED) is 0.762. The van der Waals surface area contributed by atoms with Crippen molar-refractivity contribution in [1.29, 1.82) is 0 Å². The molecule has 0 aliphatic carbocycles. The van der Waals surface area contributed by atoms with Crippen molar-refractivity contribution in [2.75, 3.05) is 19.0 Å². The van der Waals surface area contributed by atoms with Crippen molar-refractivity contribution in [3.05, 3.63) is 46.3 Å². The lowest BCUT2D eigenvalue weighted by atomic mass is 9.93. The van der Waals surface area contributed by atoms with E-state index in [4.69, 9.17) is 4.74 Å². The fourth-order valence-corrected chi connectivity index (χ4v) is 3.64. The van der Waals surface area contributed by atoms with Gasteiger partial charge in [-0.25, -0.2) is 13.6 Å².